The fourth-order valence-electron chi connectivity index (χ4n) is 4.77. The molecule has 0 saturated carbocycles. The van der Waals surface area contributed by atoms with Crippen molar-refractivity contribution in [1.29, 1.82) is 0 Å². The Balaban J connectivity index is 1.72. The molecule has 2 unspecified atom stereocenters. The Morgan fingerprint density at radius 2 is 1.59 bits per heavy atom. The molecule has 5 rings (SSSR count). The quantitative estimate of drug-likeness (QED) is 0.430. The Hall–Kier alpha value is -2.31. The Kier molecular flexibility index (Phi) is 4.59. The van der Waals surface area contributed by atoms with Crippen LogP contribution >= 0.6 is 7.92 Å². The highest BCUT2D eigenvalue weighted by atomic mass is 31.1. The van der Waals surface area contributed by atoms with E-state index in [1.165, 1.54) is 36.0 Å². The molecule has 0 N–H and O–H groups in total. The minimum absolute atomic E-state index is 0.381. The number of allylic oxidation sites excluding steroid dienone is 2. The summed E-state index contributed by atoms with van der Waals surface area (Å²) in [6, 6.07) is 23.9. The first kappa shape index (κ1) is 16.8. The summed E-state index contributed by atoms with van der Waals surface area (Å²) in [5, 5.41) is 0. The molecule has 2 nitrogen and oxygen atoms in total. The van der Waals surface area contributed by atoms with Gasteiger partial charge in [-0.3, -0.25) is 9.97 Å². The van der Waals surface area contributed by atoms with Crippen molar-refractivity contribution in [1.82, 2.24) is 9.97 Å². The van der Waals surface area contributed by atoms with Crippen LogP contribution in [0.5, 0.6) is 0 Å². The average molecular weight is 370 g/mol. The lowest BCUT2D eigenvalue weighted by atomic mass is 9.81. The molecule has 1 aliphatic carbocycles. The zero-order chi connectivity index (χ0) is 18.1. The fourth-order valence-corrected chi connectivity index (χ4v) is 8.36. The van der Waals surface area contributed by atoms with Gasteiger partial charge in [0.2, 0.25) is 0 Å². The lowest BCUT2D eigenvalue weighted by Gasteiger charge is -2.27. The Labute approximate surface area is 162 Å². The predicted octanol–water partition coefficient (Wildman–Crippen LogP) is 5.81. The highest BCUT2D eigenvalue weighted by molar-refractivity contribution is 7.66. The Bertz CT molecular complexity index is 924. The molecule has 2 aromatic heterocycles. The summed E-state index contributed by atoms with van der Waals surface area (Å²) in [6.07, 6.45) is 10.2. The molecule has 27 heavy (non-hydrogen) atoms. The highest BCUT2D eigenvalue weighted by Gasteiger charge is 2.49. The van der Waals surface area contributed by atoms with Crippen molar-refractivity contribution >= 4 is 13.4 Å². The maximum absolute atomic E-state index is 4.84. The highest BCUT2D eigenvalue weighted by Crippen LogP contribution is 2.74. The number of pyridine rings is 2. The van der Waals surface area contributed by atoms with Gasteiger partial charge in [-0.25, -0.2) is 0 Å². The van der Waals surface area contributed by atoms with E-state index in [1.807, 2.05) is 24.5 Å². The summed E-state index contributed by atoms with van der Waals surface area (Å²) in [5.41, 5.74) is 6.45. The summed E-state index contributed by atoms with van der Waals surface area (Å²) in [4.78, 5) is 9.65. The van der Waals surface area contributed by atoms with Crippen molar-refractivity contribution in [2.45, 2.75) is 30.6 Å². The van der Waals surface area contributed by atoms with E-state index in [1.54, 1.807) is 5.57 Å². The van der Waals surface area contributed by atoms with E-state index in [0.717, 1.165) is 0 Å². The fraction of sp³-hybridized carbons (Fsp3) is 0.250. The van der Waals surface area contributed by atoms with Crippen LogP contribution in [0.2, 0.25) is 0 Å². The van der Waals surface area contributed by atoms with E-state index in [4.69, 9.17) is 9.97 Å². The number of fused-ring (bicyclic) bond motifs is 1. The van der Waals surface area contributed by atoms with Crippen LogP contribution < -0.4 is 5.44 Å². The third-order valence-electron chi connectivity index (χ3n) is 5.83. The minimum atomic E-state index is -0.512. The SMILES string of the molecule is C1=C2C(CCC1)C(c1ccccc1)[P@@](c1ccccn1)[C@@H]2c1ccccn1. The van der Waals surface area contributed by atoms with Gasteiger partial charge in [0.1, 0.15) is 0 Å². The lowest BCUT2D eigenvalue weighted by molar-refractivity contribution is 0.505. The van der Waals surface area contributed by atoms with Gasteiger partial charge < -0.3 is 0 Å². The monoisotopic (exact) mass is 370 g/mol. The molecular formula is C24H23N2P. The molecule has 1 fully saturated rings. The first-order valence-corrected chi connectivity index (χ1v) is 11.3. The van der Waals surface area contributed by atoms with Gasteiger partial charge in [-0.05, 0) is 62.9 Å². The van der Waals surface area contributed by atoms with E-state index in [2.05, 4.69) is 60.7 Å². The second kappa shape index (κ2) is 7.37. The summed E-state index contributed by atoms with van der Waals surface area (Å²) >= 11 is 0. The summed E-state index contributed by atoms with van der Waals surface area (Å²) in [7, 11) is -0.512. The number of hydrogen-bond donors (Lipinski definition) is 0. The summed E-state index contributed by atoms with van der Waals surface area (Å²) in [6.45, 7) is 0. The smallest absolute Gasteiger partial charge is 0.0646 e. The topological polar surface area (TPSA) is 25.8 Å². The summed E-state index contributed by atoms with van der Waals surface area (Å²) in [5.74, 6) is 0.612. The van der Waals surface area contributed by atoms with E-state index >= 15 is 0 Å². The first-order valence-electron chi connectivity index (χ1n) is 9.78. The minimum Gasteiger partial charge on any atom is -0.260 e. The summed E-state index contributed by atoms with van der Waals surface area (Å²) < 4.78 is 0. The van der Waals surface area contributed by atoms with E-state index in [0.29, 0.717) is 17.2 Å². The maximum atomic E-state index is 4.84. The van der Waals surface area contributed by atoms with Gasteiger partial charge in [0.05, 0.1) is 11.1 Å². The second-order valence-corrected chi connectivity index (χ2v) is 9.69. The van der Waals surface area contributed by atoms with Crippen LogP contribution in [0.25, 0.3) is 0 Å². The third-order valence-corrected chi connectivity index (χ3v) is 9.00. The molecule has 0 amide bonds. The Morgan fingerprint density at radius 1 is 0.815 bits per heavy atom. The van der Waals surface area contributed by atoms with E-state index in [-0.39, 0.29) is 0 Å². The molecule has 0 bridgehead atoms. The van der Waals surface area contributed by atoms with Gasteiger partial charge in [0, 0.05) is 23.7 Å². The van der Waals surface area contributed by atoms with Gasteiger partial charge in [0.25, 0.3) is 0 Å². The average Bonchev–Trinajstić information content (AvgIpc) is 3.11. The van der Waals surface area contributed by atoms with Crippen molar-refractivity contribution in [3.8, 4) is 0 Å². The van der Waals surface area contributed by atoms with Crippen LogP contribution in [0, 0.1) is 5.92 Å². The number of rotatable bonds is 3. The molecule has 4 atom stereocenters. The van der Waals surface area contributed by atoms with Crippen molar-refractivity contribution < 1.29 is 0 Å². The maximum Gasteiger partial charge on any atom is 0.0646 e. The van der Waals surface area contributed by atoms with Crippen molar-refractivity contribution in [3.63, 3.8) is 0 Å². The van der Waals surface area contributed by atoms with Gasteiger partial charge in [-0.2, -0.15) is 0 Å². The van der Waals surface area contributed by atoms with E-state index < -0.39 is 7.92 Å². The molecule has 134 valence electrons. The van der Waals surface area contributed by atoms with Crippen molar-refractivity contribution in [2.75, 3.05) is 0 Å². The molecule has 1 aromatic carbocycles. The Morgan fingerprint density at radius 3 is 2.33 bits per heavy atom. The number of nitrogens with zero attached hydrogens (tertiary/aromatic N) is 2. The molecule has 3 heteroatoms. The van der Waals surface area contributed by atoms with Gasteiger partial charge in [0.15, 0.2) is 0 Å². The van der Waals surface area contributed by atoms with Crippen LogP contribution in [0.3, 0.4) is 0 Å². The molecule has 1 aliphatic heterocycles. The zero-order valence-corrected chi connectivity index (χ0v) is 16.2. The van der Waals surface area contributed by atoms with E-state index in [9.17, 15) is 0 Å². The van der Waals surface area contributed by atoms with Gasteiger partial charge in [-0.15, -0.1) is 0 Å². The molecule has 3 aromatic rings. The van der Waals surface area contributed by atoms with Crippen LogP contribution in [-0.2, 0) is 0 Å². The van der Waals surface area contributed by atoms with Crippen LogP contribution in [0.4, 0.5) is 0 Å². The van der Waals surface area contributed by atoms with Crippen molar-refractivity contribution in [3.05, 3.63) is 102 Å². The molecule has 1 saturated heterocycles. The van der Waals surface area contributed by atoms with Crippen LogP contribution in [0.1, 0.15) is 41.8 Å². The molecule has 0 spiro atoms. The molecule has 2 aliphatic rings. The third kappa shape index (κ3) is 3.03. The molecule has 0 radical (unpaired) electrons. The van der Waals surface area contributed by atoms with Crippen LogP contribution in [-0.4, -0.2) is 9.97 Å². The van der Waals surface area contributed by atoms with Gasteiger partial charge in [-0.1, -0.05) is 54.1 Å². The largest absolute Gasteiger partial charge is 0.260 e. The van der Waals surface area contributed by atoms with Crippen LogP contribution in [0.15, 0.2) is 90.8 Å². The van der Waals surface area contributed by atoms with Gasteiger partial charge >= 0.3 is 0 Å². The number of benzene rings is 1. The standard InChI is InChI=1S/C24H23N2P/c1-2-10-18(11-3-1)23-19-12-4-5-13-20(19)24(21-14-6-8-16-25-21)27(23)22-15-7-9-17-26-22/h1-3,6-11,13-17,19,23-24H,4-5,12H2/t19?,23?,24-,27+/m0/s1. The molecular weight excluding hydrogens is 347 g/mol. The lowest BCUT2D eigenvalue weighted by Crippen LogP contribution is -2.13. The zero-order valence-electron chi connectivity index (χ0n) is 15.3. The normalized spacial score (nSPS) is 27.0. The predicted molar refractivity (Wildman–Crippen MR) is 112 cm³/mol. The second-order valence-electron chi connectivity index (χ2n) is 7.35. The van der Waals surface area contributed by atoms with Crippen molar-refractivity contribution in [2.24, 2.45) is 5.92 Å². The first-order chi connectivity index (χ1) is 13.4. The number of hydrogen-bond acceptors (Lipinski definition) is 2. The molecule has 3 heterocycles. The number of aromatic nitrogens is 2.